The van der Waals surface area contributed by atoms with E-state index in [4.69, 9.17) is 13.2 Å². The van der Waals surface area contributed by atoms with Crippen LogP contribution in [0.25, 0.3) is 0 Å². The van der Waals surface area contributed by atoms with Gasteiger partial charge in [0.25, 0.3) is 0 Å². The summed E-state index contributed by atoms with van der Waals surface area (Å²) in [4.78, 5) is 0. The van der Waals surface area contributed by atoms with Crippen LogP contribution < -0.4 is 0 Å². The first-order valence-electron chi connectivity index (χ1n) is 18.1. The van der Waals surface area contributed by atoms with Gasteiger partial charge >= 0.3 is 0 Å². The molecule has 0 aromatic carbocycles. The van der Waals surface area contributed by atoms with Crippen LogP contribution in [0.2, 0.25) is 0 Å². The number of hydrogen-bond acceptors (Lipinski definition) is 0. The van der Waals surface area contributed by atoms with E-state index in [1.165, 1.54) is 135 Å². The summed E-state index contributed by atoms with van der Waals surface area (Å²) in [6.07, 6.45) is 30.4. The third-order valence-corrected chi connectivity index (χ3v) is 13.3. The van der Waals surface area contributed by atoms with E-state index in [0.29, 0.717) is 10.8 Å². The lowest BCUT2D eigenvalue weighted by Gasteiger charge is -2.60. The van der Waals surface area contributed by atoms with E-state index in [-0.39, 0.29) is 0 Å². The smallest absolute Gasteiger partial charge is 0.0103 e. The molecule has 5 aliphatic rings. The van der Waals surface area contributed by atoms with Gasteiger partial charge in [0, 0.05) is 0 Å². The summed E-state index contributed by atoms with van der Waals surface area (Å²) >= 11 is 0. The summed E-state index contributed by atoms with van der Waals surface area (Å²) in [5.41, 5.74) is 4.54. The van der Waals surface area contributed by atoms with E-state index < -0.39 is 0 Å². The van der Waals surface area contributed by atoms with E-state index >= 15 is 0 Å². The zero-order valence-electron chi connectivity index (χ0n) is 26.9. The molecule has 0 amide bonds. The molecule has 5 saturated carbocycles. The molecule has 0 spiro atoms. The zero-order chi connectivity index (χ0) is 27.6. The maximum Gasteiger partial charge on any atom is -0.0103 e. The van der Waals surface area contributed by atoms with Gasteiger partial charge in [-0.3, -0.25) is 0 Å². The summed E-state index contributed by atoms with van der Waals surface area (Å²) in [6, 6.07) is 0. The highest BCUT2D eigenvalue weighted by molar-refractivity contribution is 5.30. The number of hydrogen-bond donors (Lipinski definition) is 0. The van der Waals surface area contributed by atoms with Crippen LogP contribution in [0.3, 0.4) is 0 Å². The Morgan fingerprint density at radius 1 is 0.410 bits per heavy atom. The highest BCUT2D eigenvalue weighted by atomic mass is 14.6. The fourth-order valence-electron chi connectivity index (χ4n) is 11.2. The Bertz CT molecular complexity index is 827. The van der Waals surface area contributed by atoms with Crippen LogP contribution in [0, 0.1) is 58.2 Å². The zero-order valence-corrected chi connectivity index (χ0v) is 26.9. The normalized spacial score (nSPS) is 42.3. The van der Waals surface area contributed by atoms with E-state index in [0.717, 1.165) is 47.3 Å². The summed E-state index contributed by atoms with van der Waals surface area (Å²) in [6.45, 7) is 20.4. The lowest BCUT2D eigenvalue weighted by atomic mass is 9.45. The first-order valence-corrected chi connectivity index (χ1v) is 18.1. The van der Waals surface area contributed by atoms with Crippen LogP contribution in [0.5, 0.6) is 0 Å². The van der Waals surface area contributed by atoms with Gasteiger partial charge in [-0.2, -0.15) is 0 Å². The summed E-state index contributed by atoms with van der Waals surface area (Å²) in [5, 5.41) is 0. The van der Waals surface area contributed by atoms with Crippen LogP contribution in [0.1, 0.15) is 163 Å². The maximum atomic E-state index is 5.06. The molecule has 5 rings (SSSR count). The van der Waals surface area contributed by atoms with Gasteiger partial charge in [0.1, 0.15) is 0 Å². The number of fused-ring (bicyclic) bond motifs is 7. The molecule has 0 N–H and O–H groups in total. The van der Waals surface area contributed by atoms with Crippen molar-refractivity contribution in [3.05, 3.63) is 24.3 Å². The molecule has 0 saturated heterocycles. The first-order chi connectivity index (χ1) is 18.7. The van der Waals surface area contributed by atoms with Crippen molar-refractivity contribution < 1.29 is 0 Å². The van der Waals surface area contributed by atoms with E-state index in [9.17, 15) is 0 Å². The van der Waals surface area contributed by atoms with Gasteiger partial charge in [0.15, 0.2) is 0 Å². The predicted octanol–water partition coefficient (Wildman–Crippen LogP) is 12.3. The second-order valence-corrected chi connectivity index (χ2v) is 17.0. The summed E-state index contributed by atoms with van der Waals surface area (Å²) in [7, 11) is 0. The van der Waals surface area contributed by atoms with Crippen molar-refractivity contribution in [3.8, 4) is 0 Å². The Kier molecular flexibility index (Phi) is 9.81. The van der Waals surface area contributed by atoms with Gasteiger partial charge < -0.3 is 0 Å². The molecule has 39 heavy (non-hydrogen) atoms. The monoisotopic (exact) mass is 535 g/mol. The Labute approximate surface area is 244 Å². The number of allylic oxidation sites excluding steroid dienone is 2. The molecule has 0 aromatic heterocycles. The van der Waals surface area contributed by atoms with Crippen molar-refractivity contribution in [2.45, 2.75) is 163 Å². The van der Waals surface area contributed by atoms with Crippen LogP contribution in [0.15, 0.2) is 24.3 Å². The van der Waals surface area contributed by atoms with Gasteiger partial charge in [0.2, 0.25) is 0 Å². The molecule has 0 aliphatic heterocycles. The Hall–Kier alpha value is -0.520. The van der Waals surface area contributed by atoms with Crippen molar-refractivity contribution in [1.29, 1.82) is 0 Å². The molecule has 0 bridgehead atoms. The topological polar surface area (TPSA) is 0 Å². The van der Waals surface area contributed by atoms with Crippen molar-refractivity contribution in [3.63, 3.8) is 0 Å². The average Bonchev–Trinajstić information content (AvgIpc) is 2.92. The standard InChI is InChI=1S/C39H66/c1-28-30-18-11-12-19-31(30)29(2)37-35-22-10-8-15-25-39(5,6)27-17-23-33(35)32-20-13-16-26-38(3,4)24-14-7-9-21-34(32)36(28)37/h30-37H,1-2,7-27H2,3-6H3. The van der Waals surface area contributed by atoms with Crippen molar-refractivity contribution in [1.82, 2.24) is 0 Å². The molecule has 5 fully saturated rings. The fraction of sp³-hybridized carbons (Fsp3) is 0.897. The lowest BCUT2D eigenvalue weighted by Crippen LogP contribution is -2.52. The van der Waals surface area contributed by atoms with E-state index in [1.54, 1.807) is 11.1 Å². The highest BCUT2D eigenvalue weighted by Gasteiger charge is 2.55. The van der Waals surface area contributed by atoms with Gasteiger partial charge in [0.05, 0.1) is 0 Å². The first kappa shape index (κ1) is 30.0. The Balaban J connectivity index is 1.50. The molecule has 0 heteroatoms. The quantitative estimate of drug-likeness (QED) is 0.271. The van der Waals surface area contributed by atoms with Crippen molar-refractivity contribution in [2.24, 2.45) is 58.2 Å². The molecule has 5 aliphatic carbocycles. The summed E-state index contributed by atoms with van der Waals surface area (Å²) < 4.78 is 0. The molecule has 0 heterocycles. The molecule has 0 nitrogen and oxygen atoms in total. The molecular formula is C39H66. The highest BCUT2D eigenvalue weighted by Crippen LogP contribution is 2.63. The lowest BCUT2D eigenvalue weighted by molar-refractivity contribution is -0.0343. The van der Waals surface area contributed by atoms with Gasteiger partial charge in [-0.1, -0.05) is 123 Å². The third kappa shape index (κ3) is 6.77. The molecule has 8 atom stereocenters. The molecule has 0 radical (unpaired) electrons. The van der Waals surface area contributed by atoms with E-state index in [1.807, 2.05) is 0 Å². The minimum atomic E-state index is 0.534. The molecule has 222 valence electrons. The average molecular weight is 535 g/mol. The fourth-order valence-corrected chi connectivity index (χ4v) is 11.2. The van der Waals surface area contributed by atoms with Crippen molar-refractivity contribution in [2.75, 3.05) is 0 Å². The van der Waals surface area contributed by atoms with Gasteiger partial charge in [-0.05, 0) is 122 Å². The van der Waals surface area contributed by atoms with Gasteiger partial charge in [-0.15, -0.1) is 0 Å². The van der Waals surface area contributed by atoms with Crippen LogP contribution >= 0.6 is 0 Å². The van der Waals surface area contributed by atoms with Crippen LogP contribution in [-0.2, 0) is 0 Å². The molecule has 0 aromatic rings. The van der Waals surface area contributed by atoms with Crippen LogP contribution in [0.4, 0.5) is 0 Å². The SMILES string of the molecule is C=C1C2CCCCC2C(=C)C2C3CCCCCC(C)(C)CCCC3C3CCCCC(C)(C)CCCCCC3C12. The third-order valence-electron chi connectivity index (χ3n) is 13.3. The van der Waals surface area contributed by atoms with Crippen molar-refractivity contribution >= 4 is 0 Å². The second kappa shape index (κ2) is 12.8. The largest absolute Gasteiger partial charge is 0.0992 e. The minimum absolute atomic E-state index is 0.534. The predicted molar refractivity (Wildman–Crippen MR) is 171 cm³/mol. The maximum absolute atomic E-state index is 5.06. The molecular weight excluding hydrogens is 468 g/mol. The van der Waals surface area contributed by atoms with Crippen LogP contribution in [-0.4, -0.2) is 0 Å². The molecule has 8 unspecified atom stereocenters. The minimum Gasteiger partial charge on any atom is -0.0992 e. The van der Waals surface area contributed by atoms with Gasteiger partial charge in [-0.25, -0.2) is 0 Å². The number of rotatable bonds is 0. The van der Waals surface area contributed by atoms with E-state index in [2.05, 4.69) is 27.7 Å². The second-order valence-electron chi connectivity index (χ2n) is 17.0. The Morgan fingerprint density at radius 2 is 0.744 bits per heavy atom. The Morgan fingerprint density at radius 3 is 1.23 bits per heavy atom. The summed E-state index contributed by atoms with van der Waals surface area (Å²) in [5.74, 6) is 6.67.